The van der Waals surface area contributed by atoms with E-state index >= 15 is 0 Å². The third-order valence-electron chi connectivity index (χ3n) is 7.97. The second-order valence-electron chi connectivity index (χ2n) is 12.1. The molecule has 0 radical (unpaired) electrons. The molecule has 0 spiro atoms. The highest BCUT2D eigenvalue weighted by Crippen LogP contribution is 2.39. The summed E-state index contributed by atoms with van der Waals surface area (Å²) in [7, 11) is 1.40. The summed E-state index contributed by atoms with van der Waals surface area (Å²) in [5.41, 5.74) is 0.475. The predicted octanol–water partition coefficient (Wildman–Crippen LogP) is 5.82. The van der Waals surface area contributed by atoms with Gasteiger partial charge in [0, 0.05) is 45.6 Å². The third-order valence-corrected chi connectivity index (χ3v) is 7.97. The van der Waals surface area contributed by atoms with Crippen LogP contribution in [0.3, 0.4) is 0 Å². The fourth-order valence-electron chi connectivity index (χ4n) is 5.05. The van der Waals surface area contributed by atoms with E-state index in [9.17, 15) is 29.1 Å². The number of amidine groups is 1. The SMILES string of the molecule is C=Cc1cc(C(=O)Nc2ccc(C(=N)NC(=O)OCC)cc2)c(-c2c(C(C)OC(=O)C(C)C)cc(C(=O)NCC3CC3)nc2C(=O)O)cc1OC. The van der Waals surface area contributed by atoms with Crippen molar-refractivity contribution in [3.8, 4) is 16.9 Å². The van der Waals surface area contributed by atoms with Crippen LogP contribution in [0.2, 0.25) is 0 Å². The Labute approximate surface area is 295 Å². The van der Waals surface area contributed by atoms with Gasteiger partial charge in [-0.2, -0.15) is 0 Å². The van der Waals surface area contributed by atoms with Crippen LogP contribution in [0.25, 0.3) is 17.2 Å². The fraction of sp³-hybridized carbons (Fsp3) is 0.324. The molecule has 268 valence electrons. The number of esters is 1. The number of alkyl carbamates (subject to hydrolysis) is 1. The first-order valence-corrected chi connectivity index (χ1v) is 16.3. The Morgan fingerprint density at radius 2 is 1.75 bits per heavy atom. The second kappa shape index (κ2) is 16.6. The topological polar surface area (TPSA) is 206 Å². The predicted molar refractivity (Wildman–Crippen MR) is 189 cm³/mol. The minimum atomic E-state index is -1.49. The van der Waals surface area contributed by atoms with Gasteiger partial charge in [0.1, 0.15) is 23.4 Å². The number of nitrogens with one attached hydrogen (secondary N) is 4. The number of aromatic carboxylic acids is 1. The Morgan fingerprint density at radius 1 is 1.06 bits per heavy atom. The summed E-state index contributed by atoms with van der Waals surface area (Å²) in [6, 6.07) is 10.4. The average Bonchev–Trinajstić information content (AvgIpc) is 3.94. The standard InChI is InChI=1S/C37H41N5O9/c1-7-22-15-27(33(43)40-24-13-11-23(12-14-24)32(38)42-37(48)50-8-2)26(17-29(22)49-6)30-25(20(5)51-36(47)19(3)4)16-28(41-31(30)35(45)46)34(44)39-18-21-9-10-21/h7,11-17,19-21H,1,8-10,18H2,2-6H3,(H,39,44)(H,40,43)(H,45,46)(H2,38,42,48). The molecule has 1 aliphatic carbocycles. The van der Waals surface area contributed by atoms with Gasteiger partial charge >= 0.3 is 18.0 Å². The summed E-state index contributed by atoms with van der Waals surface area (Å²) >= 11 is 0. The van der Waals surface area contributed by atoms with Gasteiger partial charge in [-0.05, 0) is 75.1 Å². The summed E-state index contributed by atoms with van der Waals surface area (Å²) in [6.45, 7) is 10.8. The molecule has 14 heteroatoms. The lowest BCUT2D eigenvalue weighted by Gasteiger charge is -2.23. The van der Waals surface area contributed by atoms with E-state index < -0.39 is 47.6 Å². The first-order valence-electron chi connectivity index (χ1n) is 16.3. The molecule has 0 bridgehead atoms. The number of nitrogens with zero attached hydrogens (tertiary/aromatic N) is 1. The number of carboxylic acid groups (broad SMARTS) is 1. The Bertz CT molecular complexity index is 1870. The Hall–Kier alpha value is -6.05. The summed E-state index contributed by atoms with van der Waals surface area (Å²) < 4.78 is 16.1. The molecule has 1 unspecified atom stereocenters. The molecule has 1 saturated carbocycles. The highest BCUT2D eigenvalue weighted by atomic mass is 16.5. The van der Waals surface area contributed by atoms with Gasteiger partial charge in [-0.15, -0.1) is 0 Å². The second-order valence-corrected chi connectivity index (χ2v) is 12.1. The van der Waals surface area contributed by atoms with Crippen molar-refractivity contribution in [3.63, 3.8) is 0 Å². The van der Waals surface area contributed by atoms with Gasteiger partial charge in [-0.3, -0.25) is 25.1 Å². The number of methoxy groups -OCH3 is 1. The van der Waals surface area contributed by atoms with Crippen molar-refractivity contribution in [2.75, 3.05) is 25.6 Å². The number of rotatable bonds is 14. The zero-order valence-corrected chi connectivity index (χ0v) is 29.0. The quantitative estimate of drug-likeness (QED) is 0.0774. The van der Waals surface area contributed by atoms with E-state index in [1.807, 2.05) is 0 Å². The molecule has 14 nitrogen and oxygen atoms in total. The lowest BCUT2D eigenvalue weighted by molar-refractivity contribution is -0.152. The smallest absolute Gasteiger partial charge is 0.412 e. The number of pyridine rings is 1. The van der Waals surface area contributed by atoms with Crippen LogP contribution in [0, 0.1) is 17.2 Å². The minimum Gasteiger partial charge on any atom is -0.496 e. The number of carbonyl (C=O) groups excluding carboxylic acids is 4. The van der Waals surface area contributed by atoms with Crippen LogP contribution >= 0.6 is 0 Å². The molecule has 3 amide bonds. The number of hydrogen-bond acceptors (Lipinski definition) is 10. The van der Waals surface area contributed by atoms with Crippen molar-refractivity contribution in [3.05, 3.63) is 82.7 Å². The number of carbonyl (C=O) groups is 5. The Morgan fingerprint density at radius 3 is 2.31 bits per heavy atom. The van der Waals surface area contributed by atoms with Crippen LogP contribution in [0.1, 0.15) is 94.7 Å². The van der Waals surface area contributed by atoms with Crippen LogP contribution in [0.5, 0.6) is 5.75 Å². The fourth-order valence-corrected chi connectivity index (χ4v) is 5.05. The van der Waals surface area contributed by atoms with Crippen LogP contribution in [0.4, 0.5) is 10.5 Å². The summed E-state index contributed by atoms with van der Waals surface area (Å²) in [4.78, 5) is 68.9. The Kier molecular flexibility index (Phi) is 12.3. The maximum atomic E-state index is 14.1. The highest BCUT2D eigenvalue weighted by Gasteiger charge is 2.31. The number of hydrogen-bond donors (Lipinski definition) is 5. The van der Waals surface area contributed by atoms with E-state index in [4.69, 9.17) is 19.6 Å². The lowest BCUT2D eigenvalue weighted by atomic mass is 9.89. The van der Waals surface area contributed by atoms with Crippen LogP contribution < -0.4 is 20.7 Å². The van der Waals surface area contributed by atoms with Crippen LogP contribution in [0.15, 0.2) is 49.0 Å². The minimum absolute atomic E-state index is 0.00892. The van der Waals surface area contributed by atoms with Crippen LogP contribution in [-0.2, 0) is 14.3 Å². The van der Waals surface area contributed by atoms with E-state index in [-0.39, 0.29) is 46.1 Å². The van der Waals surface area contributed by atoms with Crippen molar-refractivity contribution in [2.45, 2.75) is 46.6 Å². The molecule has 3 aromatic rings. The molecule has 1 fully saturated rings. The maximum Gasteiger partial charge on any atom is 0.412 e. The lowest BCUT2D eigenvalue weighted by Crippen LogP contribution is -2.31. The van der Waals surface area contributed by atoms with Gasteiger partial charge in [0.05, 0.1) is 19.6 Å². The van der Waals surface area contributed by atoms with Crippen molar-refractivity contribution in [1.29, 1.82) is 5.41 Å². The van der Waals surface area contributed by atoms with E-state index in [1.165, 1.54) is 55.7 Å². The van der Waals surface area contributed by atoms with E-state index in [0.29, 0.717) is 29.3 Å². The van der Waals surface area contributed by atoms with E-state index in [1.54, 1.807) is 27.7 Å². The molecule has 4 rings (SSSR count). The first kappa shape index (κ1) is 37.8. The van der Waals surface area contributed by atoms with Crippen LogP contribution in [-0.4, -0.2) is 66.0 Å². The van der Waals surface area contributed by atoms with Gasteiger partial charge in [0.15, 0.2) is 5.69 Å². The number of amides is 3. The molecular weight excluding hydrogens is 658 g/mol. The Balaban J connectivity index is 1.85. The van der Waals surface area contributed by atoms with Gasteiger partial charge in [-0.25, -0.2) is 14.6 Å². The molecule has 0 aliphatic heterocycles. The largest absolute Gasteiger partial charge is 0.496 e. The number of benzene rings is 2. The molecule has 1 atom stereocenters. The van der Waals surface area contributed by atoms with Gasteiger partial charge < -0.3 is 30.0 Å². The first-order chi connectivity index (χ1) is 24.3. The van der Waals surface area contributed by atoms with Gasteiger partial charge in [-0.1, -0.05) is 26.5 Å². The van der Waals surface area contributed by atoms with E-state index in [2.05, 4.69) is 27.5 Å². The van der Waals surface area contributed by atoms with Crippen molar-refractivity contribution < 1.29 is 43.3 Å². The molecule has 1 heterocycles. The number of anilines is 1. The maximum absolute atomic E-state index is 14.1. The molecule has 1 aromatic heterocycles. The molecule has 0 saturated heterocycles. The highest BCUT2D eigenvalue weighted by molar-refractivity contribution is 6.12. The summed E-state index contributed by atoms with van der Waals surface area (Å²) in [6.07, 6.45) is 1.58. The number of aromatic nitrogens is 1. The van der Waals surface area contributed by atoms with Crippen molar-refractivity contribution in [1.82, 2.24) is 15.6 Å². The normalized spacial score (nSPS) is 12.7. The third kappa shape index (κ3) is 9.35. The number of ether oxygens (including phenoxy) is 3. The molecular formula is C37H41N5O9. The van der Waals surface area contributed by atoms with Gasteiger partial charge in [0.25, 0.3) is 11.8 Å². The zero-order valence-electron chi connectivity index (χ0n) is 29.0. The number of carboxylic acids is 1. The molecule has 5 N–H and O–H groups in total. The summed E-state index contributed by atoms with van der Waals surface area (Å²) in [5, 5.41) is 26.5. The summed E-state index contributed by atoms with van der Waals surface area (Å²) in [5.74, 6) is -3.42. The monoisotopic (exact) mass is 699 g/mol. The van der Waals surface area contributed by atoms with Crippen molar-refractivity contribution in [2.24, 2.45) is 11.8 Å². The average molecular weight is 700 g/mol. The zero-order chi connectivity index (χ0) is 37.4. The van der Waals surface area contributed by atoms with E-state index in [0.717, 1.165) is 12.8 Å². The van der Waals surface area contributed by atoms with Crippen molar-refractivity contribution >= 4 is 47.4 Å². The molecule has 2 aromatic carbocycles. The molecule has 1 aliphatic rings. The van der Waals surface area contributed by atoms with Gasteiger partial charge in [0.2, 0.25) is 0 Å². The molecule has 51 heavy (non-hydrogen) atoms.